The van der Waals surface area contributed by atoms with Crippen molar-refractivity contribution in [2.75, 3.05) is 11.9 Å². The van der Waals surface area contributed by atoms with Gasteiger partial charge >= 0.3 is 5.97 Å². The molecule has 264 valence electrons. The molecule has 3 aromatic rings. The van der Waals surface area contributed by atoms with E-state index in [4.69, 9.17) is 4.74 Å². The van der Waals surface area contributed by atoms with E-state index in [2.05, 4.69) is 12.2 Å². The molecule has 0 fully saturated rings. The number of ketones is 2. The van der Waals surface area contributed by atoms with Crippen molar-refractivity contribution < 1.29 is 24.2 Å². The molecule has 6 heteroatoms. The van der Waals surface area contributed by atoms with E-state index in [0.29, 0.717) is 29.8 Å². The van der Waals surface area contributed by atoms with Gasteiger partial charge in [0.25, 0.3) is 0 Å². The van der Waals surface area contributed by atoms with Crippen LogP contribution >= 0.6 is 0 Å². The number of carbonyl (C=O) groups excluding carboxylic acids is 3. The van der Waals surface area contributed by atoms with Gasteiger partial charge < -0.3 is 15.2 Å². The Morgan fingerprint density at radius 3 is 1.73 bits per heavy atom. The van der Waals surface area contributed by atoms with Gasteiger partial charge in [-0.25, -0.2) is 0 Å². The normalized spacial score (nSPS) is 12.8. The number of carbonyl (C=O) groups is 3. The third-order valence-corrected chi connectivity index (χ3v) is 9.81. The molecule has 0 aromatic heterocycles. The predicted molar refractivity (Wildman–Crippen MR) is 199 cm³/mol. The number of hydrogen-bond acceptors (Lipinski definition) is 6. The molecule has 6 nitrogen and oxygen atoms in total. The SMILES string of the molecule is CCCCCCCCCCCCCCCCCCC(C)C(=O)OCCc1ccc(Nc2ccc(O)c3c2C(=O)c2ccccc2C3=O)cc1. The van der Waals surface area contributed by atoms with E-state index in [1.165, 1.54) is 102 Å². The first-order valence-corrected chi connectivity index (χ1v) is 19.0. The fourth-order valence-corrected chi connectivity index (χ4v) is 6.75. The van der Waals surface area contributed by atoms with Crippen LogP contribution in [-0.2, 0) is 16.0 Å². The summed E-state index contributed by atoms with van der Waals surface area (Å²) in [6, 6.07) is 17.4. The highest BCUT2D eigenvalue weighted by atomic mass is 16.5. The third kappa shape index (κ3) is 11.6. The van der Waals surface area contributed by atoms with Crippen molar-refractivity contribution in [3.63, 3.8) is 0 Å². The van der Waals surface area contributed by atoms with Crippen LogP contribution in [-0.4, -0.2) is 29.2 Å². The van der Waals surface area contributed by atoms with Gasteiger partial charge in [0.1, 0.15) is 5.75 Å². The zero-order valence-electron chi connectivity index (χ0n) is 29.9. The van der Waals surface area contributed by atoms with Crippen LogP contribution in [0.25, 0.3) is 0 Å². The van der Waals surface area contributed by atoms with E-state index in [9.17, 15) is 19.5 Å². The molecule has 1 atom stereocenters. The Morgan fingerprint density at radius 2 is 1.18 bits per heavy atom. The molecule has 0 spiro atoms. The molecule has 3 aromatic carbocycles. The third-order valence-electron chi connectivity index (χ3n) is 9.81. The van der Waals surface area contributed by atoms with E-state index in [1.807, 2.05) is 31.2 Å². The molecule has 0 saturated carbocycles. The van der Waals surface area contributed by atoms with E-state index in [0.717, 1.165) is 24.1 Å². The average molecular weight is 668 g/mol. The standard InChI is InChI=1S/C43H57NO5/c1-3-4-5-6-7-8-9-10-11-12-13-14-15-16-17-18-21-32(2)43(48)49-31-30-33-24-26-34(27-25-33)44-37-28-29-38(45)40-39(37)41(46)35-22-19-20-23-36(35)42(40)47/h19-20,22-29,32,44-45H,3-18,21,30-31H2,1-2H3. The number of hydrogen-bond donors (Lipinski definition) is 2. The zero-order chi connectivity index (χ0) is 34.8. The van der Waals surface area contributed by atoms with Gasteiger partial charge in [-0.3, -0.25) is 14.4 Å². The minimum atomic E-state index is -0.365. The maximum Gasteiger partial charge on any atom is 0.308 e. The lowest BCUT2D eigenvalue weighted by molar-refractivity contribution is -0.148. The summed E-state index contributed by atoms with van der Waals surface area (Å²) >= 11 is 0. The van der Waals surface area contributed by atoms with Gasteiger partial charge in [0.2, 0.25) is 0 Å². The van der Waals surface area contributed by atoms with Crippen molar-refractivity contribution in [3.05, 3.63) is 88.5 Å². The maximum atomic E-state index is 13.3. The van der Waals surface area contributed by atoms with Crippen LogP contribution in [0.2, 0.25) is 0 Å². The smallest absolute Gasteiger partial charge is 0.308 e. The molecule has 49 heavy (non-hydrogen) atoms. The van der Waals surface area contributed by atoms with Crippen molar-refractivity contribution in [2.24, 2.45) is 5.92 Å². The van der Waals surface area contributed by atoms with E-state index in [-0.39, 0.29) is 40.3 Å². The topological polar surface area (TPSA) is 92.7 Å². The zero-order valence-corrected chi connectivity index (χ0v) is 29.9. The van der Waals surface area contributed by atoms with Crippen molar-refractivity contribution in [3.8, 4) is 5.75 Å². The largest absolute Gasteiger partial charge is 0.507 e. The summed E-state index contributed by atoms with van der Waals surface area (Å²) in [7, 11) is 0. The Hall–Kier alpha value is -3.93. The number of nitrogens with one attached hydrogen (secondary N) is 1. The number of phenols is 1. The fraction of sp³-hybridized carbons (Fsp3) is 0.512. The number of anilines is 2. The van der Waals surface area contributed by atoms with Crippen molar-refractivity contribution in [1.29, 1.82) is 0 Å². The summed E-state index contributed by atoms with van der Waals surface area (Å²) in [5, 5.41) is 13.7. The lowest BCUT2D eigenvalue weighted by atomic mass is 9.82. The number of benzene rings is 3. The van der Waals surface area contributed by atoms with Gasteiger partial charge in [0.05, 0.1) is 29.3 Å². The second kappa shape index (κ2) is 20.6. The fourth-order valence-electron chi connectivity index (χ4n) is 6.75. The average Bonchev–Trinajstić information content (AvgIpc) is 3.11. The number of rotatable bonds is 23. The summed E-state index contributed by atoms with van der Waals surface area (Å²) in [4.78, 5) is 39.0. The van der Waals surface area contributed by atoms with Crippen LogP contribution in [0.3, 0.4) is 0 Å². The molecule has 2 N–H and O–H groups in total. The second-order valence-corrected chi connectivity index (χ2v) is 13.8. The van der Waals surface area contributed by atoms with Gasteiger partial charge in [-0.15, -0.1) is 0 Å². The van der Waals surface area contributed by atoms with Gasteiger partial charge in [-0.2, -0.15) is 0 Å². The molecule has 0 radical (unpaired) electrons. The highest BCUT2D eigenvalue weighted by molar-refractivity contribution is 6.31. The molecular formula is C43H57NO5. The van der Waals surface area contributed by atoms with Crippen LogP contribution in [0, 0.1) is 5.92 Å². The molecule has 4 rings (SSSR count). The van der Waals surface area contributed by atoms with Crippen molar-refractivity contribution in [2.45, 2.75) is 129 Å². The predicted octanol–water partition coefficient (Wildman–Crippen LogP) is 11.3. The van der Waals surface area contributed by atoms with Gasteiger partial charge in [0, 0.05) is 23.2 Å². The van der Waals surface area contributed by atoms with Gasteiger partial charge in [0.15, 0.2) is 11.6 Å². The lowest BCUT2D eigenvalue weighted by Crippen LogP contribution is -2.22. The number of esters is 1. The highest BCUT2D eigenvalue weighted by Crippen LogP contribution is 2.38. The van der Waals surface area contributed by atoms with E-state index in [1.54, 1.807) is 30.3 Å². The van der Waals surface area contributed by atoms with E-state index < -0.39 is 0 Å². The highest BCUT2D eigenvalue weighted by Gasteiger charge is 2.34. The Bertz CT molecular complexity index is 1490. The quantitative estimate of drug-likeness (QED) is 0.0464. The summed E-state index contributed by atoms with van der Waals surface area (Å²) in [5.74, 6) is -1.09. The molecule has 0 aliphatic heterocycles. The molecule has 0 saturated heterocycles. The molecule has 1 unspecified atom stereocenters. The summed E-state index contributed by atoms with van der Waals surface area (Å²) in [5.41, 5.74) is 3.05. The van der Waals surface area contributed by atoms with E-state index >= 15 is 0 Å². The summed E-state index contributed by atoms with van der Waals surface area (Å²) in [6.45, 7) is 4.57. The Balaban J connectivity index is 1.07. The van der Waals surface area contributed by atoms with Crippen LogP contribution in [0.4, 0.5) is 11.4 Å². The molecule has 1 aliphatic rings. The number of ether oxygens (including phenoxy) is 1. The van der Waals surface area contributed by atoms with Gasteiger partial charge in [-0.05, 0) is 36.2 Å². The summed E-state index contributed by atoms with van der Waals surface area (Å²) < 4.78 is 5.59. The van der Waals surface area contributed by atoms with Crippen LogP contribution in [0.1, 0.15) is 160 Å². The number of phenolic OH excluding ortho intramolecular Hbond substituents is 1. The minimum absolute atomic E-state index is 0.0242. The first kappa shape index (κ1) is 37.9. The molecule has 1 aliphatic carbocycles. The van der Waals surface area contributed by atoms with Crippen molar-refractivity contribution in [1.82, 2.24) is 0 Å². The Kier molecular flexibility index (Phi) is 15.9. The molecule has 0 heterocycles. The Morgan fingerprint density at radius 1 is 0.673 bits per heavy atom. The van der Waals surface area contributed by atoms with Crippen LogP contribution in [0.15, 0.2) is 60.7 Å². The number of aromatic hydroxyl groups is 1. The first-order chi connectivity index (χ1) is 23.9. The Labute approximate surface area is 294 Å². The molecular weight excluding hydrogens is 610 g/mol. The van der Waals surface area contributed by atoms with Gasteiger partial charge in [-0.1, -0.05) is 153 Å². The monoisotopic (exact) mass is 667 g/mol. The molecule has 0 amide bonds. The van der Waals surface area contributed by atoms with Crippen LogP contribution in [0.5, 0.6) is 5.75 Å². The maximum absolute atomic E-state index is 13.3. The van der Waals surface area contributed by atoms with Crippen LogP contribution < -0.4 is 5.32 Å². The first-order valence-electron chi connectivity index (χ1n) is 19.0. The number of unbranched alkanes of at least 4 members (excludes halogenated alkanes) is 15. The number of fused-ring (bicyclic) bond motifs is 2. The second-order valence-electron chi connectivity index (χ2n) is 13.8. The lowest BCUT2D eigenvalue weighted by Gasteiger charge is -2.21. The minimum Gasteiger partial charge on any atom is -0.507 e. The van der Waals surface area contributed by atoms with Crippen molar-refractivity contribution >= 4 is 28.9 Å². The molecule has 0 bridgehead atoms. The summed E-state index contributed by atoms with van der Waals surface area (Å²) in [6.07, 6.45) is 23.0.